The molecule has 0 nitrogen and oxygen atoms in total. The van der Waals surface area contributed by atoms with Gasteiger partial charge in [-0.3, -0.25) is 0 Å². The van der Waals surface area contributed by atoms with Crippen LogP contribution in [0, 0.1) is 30.3 Å². The van der Waals surface area contributed by atoms with Crippen molar-refractivity contribution in [2.45, 2.75) is 0 Å². The van der Waals surface area contributed by atoms with Crippen LogP contribution in [0.1, 0.15) is 16.7 Å². The van der Waals surface area contributed by atoms with Crippen molar-refractivity contribution in [3.8, 4) is 24.2 Å². The molecule has 0 amide bonds. The summed E-state index contributed by atoms with van der Waals surface area (Å²) in [6.45, 7) is 0. The van der Waals surface area contributed by atoms with E-state index in [4.69, 9.17) is 6.42 Å². The second-order valence-corrected chi connectivity index (χ2v) is 3.22. The van der Waals surface area contributed by atoms with Crippen LogP contribution in [0.4, 0.5) is 0 Å². The molecule has 73 valence electrons. The van der Waals surface area contributed by atoms with Crippen molar-refractivity contribution < 1.29 is 0 Å². The minimum Gasteiger partial charge on any atom is -0.115 e. The minimum atomic E-state index is 0.772. The molecule has 0 saturated carbocycles. The first kappa shape index (κ1) is 10.1. The molecule has 0 N–H and O–H groups in total. The summed E-state index contributed by atoms with van der Waals surface area (Å²) in [5, 5.41) is 0. The van der Waals surface area contributed by atoms with Crippen LogP contribution >= 0.6 is 0 Å². The predicted molar refractivity (Wildman–Crippen MR) is 65.6 cm³/mol. The zero-order valence-electron chi connectivity index (χ0n) is 8.70. The lowest BCUT2D eigenvalue weighted by Gasteiger charge is -1.93. The summed E-state index contributed by atoms with van der Waals surface area (Å²) in [7, 11) is 0. The topological polar surface area (TPSA) is 0 Å². The highest BCUT2D eigenvalue weighted by molar-refractivity contribution is 5.51. The van der Waals surface area contributed by atoms with Gasteiger partial charge in [-0.05, 0) is 24.3 Å². The SMILES string of the molecule is C#Cc1ccc[c]c1C#Cc1ccccc1. The first-order valence-corrected chi connectivity index (χ1v) is 4.94. The van der Waals surface area contributed by atoms with Crippen molar-refractivity contribution >= 4 is 0 Å². The average molecular weight is 201 g/mol. The van der Waals surface area contributed by atoms with Crippen LogP contribution in [0.25, 0.3) is 0 Å². The third-order valence-corrected chi connectivity index (χ3v) is 2.12. The maximum Gasteiger partial charge on any atom is 0.0484 e. The second kappa shape index (κ2) is 4.87. The van der Waals surface area contributed by atoms with E-state index in [1.165, 1.54) is 0 Å². The lowest BCUT2D eigenvalue weighted by molar-refractivity contribution is 1.57. The Morgan fingerprint density at radius 2 is 1.75 bits per heavy atom. The normalized spacial score (nSPS) is 8.69. The highest BCUT2D eigenvalue weighted by atomic mass is 13.9. The summed E-state index contributed by atoms with van der Waals surface area (Å²) >= 11 is 0. The first-order valence-electron chi connectivity index (χ1n) is 4.94. The van der Waals surface area contributed by atoms with Gasteiger partial charge in [0.15, 0.2) is 0 Å². The van der Waals surface area contributed by atoms with Gasteiger partial charge in [-0.2, -0.15) is 0 Å². The lowest BCUT2D eigenvalue weighted by atomic mass is 10.1. The Kier molecular flexibility index (Phi) is 3.07. The van der Waals surface area contributed by atoms with E-state index in [0.717, 1.165) is 16.7 Å². The third-order valence-electron chi connectivity index (χ3n) is 2.12. The molecule has 2 aromatic carbocycles. The molecule has 0 atom stereocenters. The van der Waals surface area contributed by atoms with E-state index < -0.39 is 0 Å². The Bertz CT molecular complexity index is 575. The molecule has 0 unspecified atom stereocenters. The number of rotatable bonds is 0. The fraction of sp³-hybridized carbons (Fsp3) is 0. The van der Waals surface area contributed by atoms with Crippen molar-refractivity contribution in [1.29, 1.82) is 0 Å². The van der Waals surface area contributed by atoms with Crippen LogP contribution in [-0.4, -0.2) is 0 Å². The maximum absolute atomic E-state index is 5.38. The van der Waals surface area contributed by atoms with Crippen molar-refractivity contribution in [3.05, 3.63) is 71.3 Å². The van der Waals surface area contributed by atoms with E-state index in [1.807, 2.05) is 48.5 Å². The van der Waals surface area contributed by atoms with E-state index in [2.05, 4.69) is 23.8 Å². The van der Waals surface area contributed by atoms with Crippen molar-refractivity contribution in [3.63, 3.8) is 0 Å². The smallest absolute Gasteiger partial charge is 0.0484 e. The molecular weight excluding hydrogens is 192 g/mol. The van der Waals surface area contributed by atoms with Gasteiger partial charge in [0.05, 0.1) is 0 Å². The van der Waals surface area contributed by atoms with Crippen molar-refractivity contribution in [2.75, 3.05) is 0 Å². The summed E-state index contributed by atoms with van der Waals surface area (Å²) < 4.78 is 0. The van der Waals surface area contributed by atoms with Crippen LogP contribution in [-0.2, 0) is 0 Å². The fourth-order valence-electron chi connectivity index (χ4n) is 1.32. The van der Waals surface area contributed by atoms with Crippen molar-refractivity contribution in [2.24, 2.45) is 0 Å². The quantitative estimate of drug-likeness (QED) is 0.575. The molecule has 0 heterocycles. The minimum absolute atomic E-state index is 0.772. The summed E-state index contributed by atoms with van der Waals surface area (Å²) in [4.78, 5) is 0. The summed E-state index contributed by atoms with van der Waals surface area (Å²) in [6.07, 6.45) is 5.38. The van der Waals surface area contributed by atoms with Crippen molar-refractivity contribution in [1.82, 2.24) is 0 Å². The molecule has 2 rings (SSSR count). The molecule has 0 aliphatic carbocycles. The molecule has 0 heteroatoms. The first-order chi connectivity index (χ1) is 7.90. The molecule has 0 bridgehead atoms. The predicted octanol–water partition coefficient (Wildman–Crippen LogP) is 2.87. The summed E-state index contributed by atoms with van der Waals surface area (Å²) in [5.41, 5.74) is 2.53. The molecule has 0 spiro atoms. The van der Waals surface area contributed by atoms with E-state index in [1.54, 1.807) is 0 Å². The van der Waals surface area contributed by atoms with Gasteiger partial charge in [-0.25, -0.2) is 0 Å². The second-order valence-electron chi connectivity index (χ2n) is 3.22. The monoisotopic (exact) mass is 201 g/mol. The van der Waals surface area contributed by atoms with E-state index in [0.29, 0.717) is 0 Å². The van der Waals surface area contributed by atoms with Gasteiger partial charge in [0, 0.05) is 16.7 Å². The van der Waals surface area contributed by atoms with Crippen LogP contribution in [0.5, 0.6) is 0 Å². The molecule has 1 radical (unpaired) electrons. The summed E-state index contributed by atoms with van der Waals surface area (Å²) in [5.74, 6) is 8.69. The molecule has 0 saturated heterocycles. The van der Waals surface area contributed by atoms with Crippen LogP contribution < -0.4 is 0 Å². The standard InChI is InChI=1S/C16H9/c1-2-15-10-6-7-11-16(15)13-12-14-8-4-3-5-9-14/h1,3-10H. The van der Waals surface area contributed by atoms with Gasteiger partial charge in [0.1, 0.15) is 0 Å². The largest absolute Gasteiger partial charge is 0.115 e. The molecule has 0 aliphatic rings. The highest BCUT2D eigenvalue weighted by Gasteiger charge is 1.93. The van der Waals surface area contributed by atoms with E-state index >= 15 is 0 Å². The molecule has 0 fully saturated rings. The Labute approximate surface area is 95.9 Å². The Morgan fingerprint density at radius 3 is 2.50 bits per heavy atom. The van der Waals surface area contributed by atoms with Gasteiger partial charge in [0.2, 0.25) is 0 Å². The molecule has 0 aliphatic heterocycles. The van der Waals surface area contributed by atoms with Crippen LogP contribution in [0.3, 0.4) is 0 Å². The van der Waals surface area contributed by atoms with Gasteiger partial charge in [-0.1, -0.05) is 48.1 Å². The number of hydrogen-bond acceptors (Lipinski definition) is 0. The fourth-order valence-corrected chi connectivity index (χ4v) is 1.32. The third kappa shape index (κ3) is 2.32. The van der Waals surface area contributed by atoms with E-state index in [-0.39, 0.29) is 0 Å². The molecule has 0 aromatic heterocycles. The Hall–Kier alpha value is -2.44. The highest BCUT2D eigenvalue weighted by Crippen LogP contribution is 2.05. The Morgan fingerprint density at radius 1 is 0.938 bits per heavy atom. The average Bonchev–Trinajstić information content (AvgIpc) is 2.38. The molecular formula is C16H9. The number of benzene rings is 2. The zero-order chi connectivity index (χ0) is 11.2. The van der Waals surface area contributed by atoms with Gasteiger partial charge >= 0.3 is 0 Å². The van der Waals surface area contributed by atoms with E-state index in [9.17, 15) is 0 Å². The molecule has 16 heavy (non-hydrogen) atoms. The summed E-state index contributed by atoms with van der Waals surface area (Å²) in [6, 6.07) is 18.4. The van der Waals surface area contributed by atoms with Gasteiger partial charge in [-0.15, -0.1) is 6.42 Å². The lowest BCUT2D eigenvalue weighted by Crippen LogP contribution is -1.82. The Balaban J connectivity index is 2.36. The van der Waals surface area contributed by atoms with Crippen LogP contribution in [0.2, 0.25) is 0 Å². The van der Waals surface area contributed by atoms with Crippen LogP contribution in [0.15, 0.2) is 48.5 Å². The molecule has 2 aromatic rings. The maximum atomic E-state index is 5.38. The van der Waals surface area contributed by atoms with Gasteiger partial charge in [0.25, 0.3) is 0 Å². The number of terminal acetylenes is 1. The van der Waals surface area contributed by atoms with Gasteiger partial charge < -0.3 is 0 Å². The number of hydrogen-bond donors (Lipinski definition) is 0. The zero-order valence-corrected chi connectivity index (χ0v) is 8.70.